The maximum atomic E-state index is 13.2. The van der Waals surface area contributed by atoms with E-state index in [1.54, 1.807) is 23.9 Å². The Labute approximate surface area is 183 Å². The summed E-state index contributed by atoms with van der Waals surface area (Å²) in [6.07, 6.45) is 2.42. The molecule has 0 atom stereocenters. The van der Waals surface area contributed by atoms with Gasteiger partial charge in [0, 0.05) is 53.4 Å². The van der Waals surface area contributed by atoms with Crippen molar-refractivity contribution in [2.45, 2.75) is 24.2 Å². The van der Waals surface area contributed by atoms with E-state index in [1.807, 2.05) is 4.90 Å². The highest BCUT2D eigenvalue weighted by molar-refractivity contribution is 7.89. The molecule has 0 spiro atoms. The van der Waals surface area contributed by atoms with Gasteiger partial charge in [-0.3, -0.25) is 14.5 Å². The van der Waals surface area contributed by atoms with Gasteiger partial charge in [-0.25, -0.2) is 8.42 Å². The van der Waals surface area contributed by atoms with E-state index in [1.165, 1.54) is 22.5 Å². The van der Waals surface area contributed by atoms with E-state index in [9.17, 15) is 18.0 Å². The Morgan fingerprint density at radius 2 is 1.70 bits per heavy atom. The first-order valence-electron chi connectivity index (χ1n) is 10.2. The number of hydrogen-bond donors (Lipinski definition) is 0. The van der Waals surface area contributed by atoms with Crippen LogP contribution in [0.4, 0.5) is 0 Å². The van der Waals surface area contributed by atoms with Crippen LogP contribution >= 0.6 is 11.6 Å². The van der Waals surface area contributed by atoms with Gasteiger partial charge in [0.15, 0.2) is 0 Å². The number of benzene rings is 1. The molecule has 2 aliphatic heterocycles. The molecule has 2 saturated heterocycles. The van der Waals surface area contributed by atoms with Crippen LogP contribution in [-0.4, -0.2) is 99.1 Å². The highest BCUT2D eigenvalue weighted by Crippen LogP contribution is 2.26. The molecule has 3 rings (SSSR count). The summed E-state index contributed by atoms with van der Waals surface area (Å²) in [5.41, 5.74) is 0.203. The third-order valence-corrected chi connectivity index (χ3v) is 7.83. The Balaban J connectivity index is 1.74. The molecule has 1 aromatic rings. The molecule has 0 radical (unpaired) electrons. The minimum Gasteiger partial charge on any atom is -0.348 e. The number of carbonyl (C=O) groups excluding carboxylic acids is 2. The van der Waals surface area contributed by atoms with Gasteiger partial charge in [-0.2, -0.15) is 4.31 Å². The van der Waals surface area contributed by atoms with Gasteiger partial charge in [0.1, 0.15) is 0 Å². The molecule has 8 nitrogen and oxygen atoms in total. The van der Waals surface area contributed by atoms with Gasteiger partial charge in [-0.05, 0) is 37.5 Å². The molecule has 0 aliphatic carbocycles. The van der Waals surface area contributed by atoms with Gasteiger partial charge < -0.3 is 9.80 Å². The Morgan fingerprint density at radius 1 is 1.00 bits per heavy atom. The lowest BCUT2D eigenvalue weighted by atomic mass is 10.2. The summed E-state index contributed by atoms with van der Waals surface area (Å²) in [5, 5.41) is 0.240. The number of likely N-dealkylation sites (N-methyl/N-ethyl adjacent to an activating group) is 1. The highest BCUT2D eigenvalue weighted by atomic mass is 35.5. The molecule has 0 aromatic heterocycles. The summed E-state index contributed by atoms with van der Waals surface area (Å²) in [4.78, 5) is 30.5. The molecule has 10 heteroatoms. The second kappa shape index (κ2) is 9.64. The van der Waals surface area contributed by atoms with Crippen molar-refractivity contribution in [3.63, 3.8) is 0 Å². The van der Waals surface area contributed by atoms with Crippen LogP contribution in [0.5, 0.6) is 0 Å². The summed E-state index contributed by atoms with van der Waals surface area (Å²) in [6.45, 7) is 3.61. The third kappa shape index (κ3) is 5.14. The average Bonchev–Trinajstić information content (AvgIpc) is 3.16. The lowest BCUT2D eigenvalue weighted by Crippen LogP contribution is -2.39. The van der Waals surface area contributed by atoms with Crippen LogP contribution in [0, 0.1) is 0 Å². The molecule has 0 saturated carbocycles. The summed E-state index contributed by atoms with van der Waals surface area (Å²) in [7, 11) is -0.179. The first kappa shape index (κ1) is 23.0. The van der Waals surface area contributed by atoms with Gasteiger partial charge in [0.05, 0.1) is 22.0 Å². The van der Waals surface area contributed by atoms with E-state index in [0.717, 1.165) is 25.8 Å². The fraction of sp³-hybridized carbons (Fsp3) is 0.600. The quantitative estimate of drug-likeness (QED) is 0.668. The predicted molar refractivity (Wildman–Crippen MR) is 115 cm³/mol. The zero-order valence-electron chi connectivity index (χ0n) is 17.5. The number of halogens is 1. The van der Waals surface area contributed by atoms with Crippen molar-refractivity contribution in [1.29, 1.82) is 0 Å². The number of hydrogen-bond acceptors (Lipinski definition) is 5. The SMILES string of the molecule is CN(C)C(=O)CN1CCCN(C(=O)c2cc(S(=O)(=O)N3CCCC3)ccc2Cl)CC1. The van der Waals surface area contributed by atoms with Crippen molar-refractivity contribution in [2.75, 3.05) is 59.9 Å². The van der Waals surface area contributed by atoms with Crippen molar-refractivity contribution in [1.82, 2.24) is 19.0 Å². The van der Waals surface area contributed by atoms with Crippen LogP contribution in [0.3, 0.4) is 0 Å². The fourth-order valence-electron chi connectivity index (χ4n) is 3.74. The largest absolute Gasteiger partial charge is 0.348 e. The van der Waals surface area contributed by atoms with Crippen molar-refractivity contribution < 1.29 is 18.0 Å². The number of sulfonamides is 1. The van der Waals surface area contributed by atoms with Crippen molar-refractivity contribution in [3.05, 3.63) is 28.8 Å². The van der Waals surface area contributed by atoms with Crippen LogP contribution in [-0.2, 0) is 14.8 Å². The smallest absolute Gasteiger partial charge is 0.255 e. The predicted octanol–water partition coefficient (Wildman–Crippen LogP) is 1.36. The van der Waals surface area contributed by atoms with Gasteiger partial charge in [0.25, 0.3) is 5.91 Å². The lowest BCUT2D eigenvalue weighted by molar-refractivity contribution is -0.129. The molecule has 2 fully saturated rings. The number of rotatable bonds is 5. The van der Waals surface area contributed by atoms with E-state index in [-0.39, 0.29) is 27.3 Å². The van der Waals surface area contributed by atoms with Crippen molar-refractivity contribution >= 4 is 33.4 Å². The zero-order chi connectivity index (χ0) is 21.9. The van der Waals surface area contributed by atoms with Crippen molar-refractivity contribution in [3.8, 4) is 0 Å². The van der Waals surface area contributed by atoms with Gasteiger partial charge in [-0.15, -0.1) is 0 Å². The highest BCUT2D eigenvalue weighted by Gasteiger charge is 2.29. The van der Waals surface area contributed by atoms with E-state index >= 15 is 0 Å². The zero-order valence-corrected chi connectivity index (χ0v) is 19.1. The van der Waals surface area contributed by atoms with E-state index in [2.05, 4.69) is 0 Å². The average molecular weight is 457 g/mol. The molecular weight excluding hydrogens is 428 g/mol. The van der Waals surface area contributed by atoms with E-state index in [4.69, 9.17) is 11.6 Å². The van der Waals surface area contributed by atoms with Crippen LogP contribution < -0.4 is 0 Å². The fourth-order valence-corrected chi connectivity index (χ4v) is 5.48. The Hall–Kier alpha value is -1.68. The maximum absolute atomic E-state index is 13.2. The summed E-state index contributed by atoms with van der Waals surface area (Å²) in [5.74, 6) is -0.253. The molecule has 166 valence electrons. The van der Waals surface area contributed by atoms with Crippen LogP contribution in [0.15, 0.2) is 23.1 Å². The Morgan fingerprint density at radius 3 is 2.37 bits per heavy atom. The number of carbonyl (C=O) groups is 2. The minimum atomic E-state index is -3.63. The molecule has 0 bridgehead atoms. The lowest BCUT2D eigenvalue weighted by Gasteiger charge is -2.23. The molecule has 0 N–H and O–H groups in total. The summed E-state index contributed by atoms with van der Waals surface area (Å²) >= 11 is 6.28. The molecule has 2 heterocycles. The molecule has 2 amide bonds. The second-order valence-corrected chi connectivity index (χ2v) is 10.3. The first-order valence-corrected chi connectivity index (χ1v) is 12.0. The molecule has 2 aliphatic rings. The van der Waals surface area contributed by atoms with Crippen LogP contribution in [0.2, 0.25) is 5.02 Å². The monoisotopic (exact) mass is 456 g/mol. The van der Waals surface area contributed by atoms with E-state index in [0.29, 0.717) is 39.3 Å². The van der Waals surface area contributed by atoms with Gasteiger partial charge >= 0.3 is 0 Å². The third-order valence-electron chi connectivity index (χ3n) is 5.60. The van der Waals surface area contributed by atoms with Crippen LogP contribution in [0.25, 0.3) is 0 Å². The maximum Gasteiger partial charge on any atom is 0.255 e. The topological polar surface area (TPSA) is 81.2 Å². The van der Waals surface area contributed by atoms with Gasteiger partial charge in [0.2, 0.25) is 15.9 Å². The molecule has 1 aromatic carbocycles. The summed E-state index contributed by atoms with van der Waals surface area (Å²) < 4.78 is 27.2. The first-order chi connectivity index (χ1) is 14.2. The normalized spacial score (nSPS) is 19.0. The summed E-state index contributed by atoms with van der Waals surface area (Å²) in [6, 6.07) is 4.35. The Kier molecular flexibility index (Phi) is 7.38. The van der Waals surface area contributed by atoms with E-state index < -0.39 is 10.0 Å². The number of nitrogens with zero attached hydrogens (tertiary/aromatic N) is 4. The molecule has 0 unspecified atom stereocenters. The van der Waals surface area contributed by atoms with Crippen LogP contribution in [0.1, 0.15) is 29.6 Å². The Bertz CT molecular complexity index is 900. The second-order valence-electron chi connectivity index (χ2n) is 7.96. The molecule has 30 heavy (non-hydrogen) atoms. The van der Waals surface area contributed by atoms with Gasteiger partial charge in [-0.1, -0.05) is 11.6 Å². The molecular formula is C20H29ClN4O4S. The minimum absolute atomic E-state index is 0.0256. The van der Waals surface area contributed by atoms with Crippen molar-refractivity contribution in [2.24, 2.45) is 0 Å². The number of amides is 2. The standard InChI is InChI=1S/C20H29ClN4O4S/c1-22(2)19(26)15-23-8-5-9-24(13-12-23)20(27)17-14-16(6-7-18(17)21)30(28,29)25-10-3-4-11-25/h6-7,14H,3-5,8-13,15H2,1-2H3.